The Bertz CT molecular complexity index is 321. The van der Waals surface area contributed by atoms with Gasteiger partial charge in [0.1, 0.15) is 6.26 Å². The van der Waals surface area contributed by atoms with Gasteiger partial charge in [0, 0.05) is 0 Å². The van der Waals surface area contributed by atoms with Gasteiger partial charge in [-0.3, -0.25) is 9.59 Å². The number of fused-ring (bicyclic) bond motifs is 1. The molecule has 74 valence electrons. The maximum atomic E-state index is 11.6. The summed E-state index contributed by atoms with van der Waals surface area (Å²) in [5, 5.41) is 0.817. The molecule has 4 nitrogen and oxygen atoms in total. The van der Waals surface area contributed by atoms with Crippen molar-refractivity contribution in [2.75, 3.05) is 0 Å². The Kier molecular flexibility index (Phi) is 2.11. The molecular formula is C10H11NO3. The highest BCUT2D eigenvalue weighted by atomic mass is 16.7. The van der Waals surface area contributed by atoms with E-state index in [2.05, 4.69) is 6.58 Å². The molecule has 2 unspecified atom stereocenters. The first-order valence-electron chi connectivity index (χ1n) is 4.58. The Morgan fingerprint density at radius 2 is 2.29 bits per heavy atom. The van der Waals surface area contributed by atoms with Gasteiger partial charge in [-0.25, -0.2) is 0 Å². The molecule has 0 aromatic heterocycles. The quantitative estimate of drug-likeness (QED) is 0.373. The fourth-order valence-corrected chi connectivity index (χ4v) is 1.94. The lowest BCUT2D eigenvalue weighted by Gasteiger charge is -2.13. The highest BCUT2D eigenvalue weighted by Gasteiger charge is 2.48. The Morgan fingerprint density at radius 3 is 2.93 bits per heavy atom. The molecule has 0 saturated carbocycles. The molecule has 4 heteroatoms. The highest BCUT2D eigenvalue weighted by molar-refractivity contribution is 6.05. The van der Waals surface area contributed by atoms with Gasteiger partial charge in [-0.2, -0.15) is 0 Å². The SMILES string of the molecule is C=CON1C(=O)C2C=CCCC2C1=O. The van der Waals surface area contributed by atoms with Crippen molar-refractivity contribution in [3.63, 3.8) is 0 Å². The number of rotatable bonds is 2. The summed E-state index contributed by atoms with van der Waals surface area (Å²) in [6.45, 7) is 3.32. The molecule has 0 radical (unpaired) electrons. The molecule has 2 aliphatic rings. The Morgan fingerprint density at radius 1 is 1.50 bits per heavy atom. The first kappa shape index (κ1) is 8.99. The van der Waals surface area contributed by atoms with E-state index in [-0.39, 0.29) is 23.7 Å². The van der Waals surface area contributed by atoms with Crippen LogP contribution in [0.15, 0.2) is 25.0 Å². The van der Waals surface area contributed by atoms with Crippen molar-refractivity contribution in [2.24, 2.45) is 11.8 Å². The number of allylic oxidation sites excluding steroid dienone is 1. The van der Waals surface area contributed by atoms with Gasteiger partial charge >= 0.3 is 0 Å². The third-order valence-electron chi connectivity index (χ3n) is 2.60. The summed E-state index contributed by atoms with van der Waals surface area (Å²) in [5.41, 5.74) is 0. The normalized spacial score (nSPS) is 30.4. The predicted molar refractivity (Wildman–Crippen MR) is 48.5 cm³/mol. The average molecular weight is 193 g/mol. The molecule has 1 saturated heterocycles. The van der Waals surface area contributed by atoms with Crippen LogP contribution in [-0.4, -0.2) is 16.9 Å². The molecule has 1 heterocycles. The number of amides is 2. The van der Waals surface area contributed by atoms with Crippen LogP contribution in [0.3, 0.4) is 0 Å². The molecule has 1 aliphatic heterocycles. The molecule has 0 aromatic carbocycles. The van der Waals surface area contributed by atoms with E-state index in [0.29, 0.717) is 0 Å². The van der Waals surface area contributed by atoms with Gasteiger partial charge < -0.3 is 4.84 Å². The zero-order valence-corrected chi connectivity index (χ0v) is 7.68. The molecule has 14 heavy (non-hydrogen) atoms. The molecular weight excluding hydrogens is 182 g/mol. The summed E-state index contributed by atoms with van der Waals surface area (Å²) >= 11 is 0. The van der Waals surface area contributed by atoms with Gasteiger partial charge in [0.2, 0.25) is 0 Å². The summed E-state index contributed by atoms with van der Waals surface area (Å²) in [7, 11) is 0. The van der Waals surface area contributed by atoms with Crippen LogP contribution in [0, 0.1) is 11.8 Å². The number of nitrogens with zero attached hydrogens (tertiary/aromatic N) is 1. The van der Waals surface area contributed by atoms with E-state index in [1.54, 1.807) is 6.08 Å². The molecule has 0 N–H and O–H groups in total. The minimum atomic E-state index is -0.323. The van der Waals surface area contributed by atoms with E-state index in [1.165, 1.54) is 0 Å². The summed E-state index contributed by atoms with van der Waals surface area (Å²) in [6.07, 6.45) is 6.40. The monoisotopic (exact) mass is 193 g/mol. The van der Waals surface area contributed by atoms with Gasteiger partial charge in [-0.1, -0.05) is 18.7 Å². The van der Waals surface area contributed by atoms with Gasteiger partial charge in [0.25, 0.3) is 11.8 Å². The Balaban J connectivity index is 2.26. The third-order valence-corrected chi connectivity index (χ3v) is 2.60. The van der Waals surface area contributed by atoms with Crippen LogP contribution in [-0.2, 0) is 14.4 Å². The van der Waals surface area contributed by atoms with Crippen molar-refractivity contribution in [1.82, 2.24) is 5.06 Å². The lowest BCUT2D eigenvalue weighted by atomic mass is 9.86. The molecule has 0 spiro atoms. The van der Waals surface area contributed by atoms with Crippen LogP contribution in [0.25, 0.3) is 0 Å². The first-order valence-corrected chi connectivity index (χ1v) is 4.58. The van der Waals surface area contributed by atoms with Crippen molar-refractivity contribution in [3.8, 4) is 0 Å². The molecule has 2 amide bonds. The van der Waals surface area contributed by atoms with Crippen LogP contribution in [0.5, 0.6) is 0 Å². The molecule has 2 rings (SSSR count). The molecule has 1 fully saturated rings. The predicted octanol–water partition coefficient (Wildman–Crippen LogP) is 1.01. The number of hydrogen-bond donors (Lipinski definition) is 0. The van der Waals surface area contributed by atoms with Gasteiger partial charge in [0.05, 0.1) is 11.8 Å². The van der Waals surface area contributed by atoms with Crippen LogP contribution in [0.1, 0.15) is 12.8 Å². The second-order valence-corrected chi connectivity index (χ2v) is 3.38. The fourth-order valence-electron chi connectivity index (χ4n) is 1.94. The second-order valence-electron chi connectivity index (χ2n) is 3.38. The summed E-state index contributed by atoms with van der Waals surface area (Å²) in [4.78, 5) is 28.0. The van der Waals surface area contributed by atoms with E-state index in [9.17, 15) is 9.59 Å². The van der Waals surface area contributed by atoms with Crippen molar-refractivity contribution >= 4 is 11.8 Å². The second kappa shape index (κ2) is 3.29. The van der Waals surface area contributed by atoms with Crippen molar-refractivity contribution in [2.45, 2.75) is 12.8 Å². The van der Waals surface area contributed by atoms with Gasteiger partial charge in [-0.05, 0) is 12.8 Å². The Hall–Kier alpha value is -1.58. The van der Waals surface area contributed by atoms with Crippen LogP contribution in [0.4, 0.5) is 0 Å². The smallest absolute Gasteiger partial charge is 0.270 e. The zero-order valence-electron chi connectivity index (χ0n) is 7.68. The van der Waals surface area contributed by atoms with Gasteiger partial charge in [-0.15, -0.1) is 5.06 Å². The largest absolute Gasteiger partial charge is 0.378 e. The summed E-state index contributed by atoms with van der Waals surface area (Å²) in [6, 6.07) is 0. The number of hydroxylamine groups is 2. The van der Waals surface area contributed by atoms with Crippen LogP contribution >= 0.6 is 0 Å². The minimum absolute atomic E-state index is 0.229. The van der Waals surface area contributed by atoms with E-state index in [1.807, 2.05) is 6.08 Å². The Labute approximate surface area is 81.8 Å². The van der Waals surface area contributed by atoms with Crippen molar-refractivity contribution in [1.29, 1.82) is 0 Å². The van der Waals surface area contributed by atoms with Crippen LogP contribution < -0.4 is 0 Å². The standard InChI is InChI=1S/C10H11NO3/c1-2-14-11-9(12)7-5-3-4-6-8(7)10(11)13/h2-3,5,7-8H,1,4,6H2. The first-order chi connectivity index (χ1) is 6.75. The summed E-state index contributed by atoms with van der Waals surface area (Å²) < 4.78 is 0. The fraction of sp³-hybridized carbons (Fsp3) is 0.400. The topological polar surface area (TPSA) is 46.6 Å². The molecule has 0 bridgehead atoms. The van der Waals surface area contributed by atoms with E-state index >= 15 is 0 Å². The van der Waals surface area contributed by atoms with Gasteiger partial charge in [0.15, 0.2) is 0 Å². The number of carbonyl (C=O) groups excluding carboxylic acids is 2. The maximum absolute atomic E-state index is 11.6. The number of hydrogen-bond acceptors (Lipinski definition) is 3. The van der Waals surface area contributed by atoms with E-state index in [4.69, 9.17) is 4.84 Å². The van der Waals surface area contributed by atoms with Crippen molar-refractivity contribution in [3.05, 3.63) is 25.0 Å². The molecule has 0 aromatic rings. The van der Waals surface area contributed by atoms with E-state index in [0.717, 1.165) is 24.2 Å². The van der Waals surface area contributed by atoms with Crippen LogP contribution in [0.2, 0.25) is 0 Å². The molecule has 1 aliphatic carbocycles. The minimum Gasteiger partial charge on any atom is -0.378 e. The van der Waals surface area contributed by atoms with Crippen molar-refractivity contribution < 1.29 is 14.4 Å². The number of carbonyl (C=O) groups is 2. The lowest BCUT2D eigenvalue weighted by Crippen LogP contribution is -2.29. The lowest BCUT2D eigenvalue weighted by molar-refractivity contribution is -0.174. The average Bonchev–Trinajstić information content (AvgIpc) is 2.45. The number of imide groups is 1. The summed E-state index contributed by atoms with van der Waals surface area (Å²) in [5.74, 6) is -1.08. The highest BCUT2D eigenvalue weighted by Crippen LogP contribution is 2.34. The third kappa shape index (κ3) is 1.14. The molecule has 2 atom stereocenters. The maximum Gasteiger partial charge on any atom is 0.270 e. The van der Waals surface area contributed by atoms with E-state index < -0.39 is 0 Å². The zero-order chi connectivity index (χ0) is 10.1.